The molecule has 1 fully saturated rings. The van der Waals surface area contributed by atoms with Crippen LogP contribution in [0.3, 0.4) is 0 Å². The van der Waals surface area contributed by atoms with Gasteiger partial charge in [-0.3, -0.25) is 14.5 Å². The molecule has 4 aromatic rings. The smallest absolute Gasteiger partial charge is 0.410 e. The van der Waals surface area contributed by atoms with Crippen LogP contribution in [0.2, 0.25) is 0 Å². The Labute approximate surface area is 265 Å². The largest absolute Gasteiger partial charge is 0.444 e. The van der Waals surface area contributed by atoms with Gasteiger partial charge in [-0.25, -0.2) is 23.1 Å². The Hall–Kier alpha value is -4.96. The second-order valence-corrected chi connectivity index (χ2v) is 13.2. The Kier molecular flexibility index (Phi) is 6.82. The first-order valence-electron chi connectivity index (χ1n) is 15.4. The van der Waals surface area contributed by atoms with Gasteiger partial charge in [-0.15, -0.1) is 0 Å². The Morgan fingerprint density at radius 3 is 2.39 bits per heavy atom. The van der Waals surface area contributed by atoms with Crippen LogP contribution in [0.1, 0.15) is 75.0 Å². The van der Waals surface area contributed by atoms with Crippen molar-refractivity contribution in [2.45, 2.75) is 78.5 Å². The van der Waals surface area contributed by atoms with Crippen LogP contribution in [-0.2, 0) is 16.0 Å². The van der Waals surface area contributed by atoms with Crippen LogP contribution in [0.25, 0.3) is 16.6 Å². The number of nitrogens with zero attached hydrogens (tertiary/aromatic N) is 7. The molecule has 1 aliphatic carbocycles. The molecule has 1 atom stereocenters. The van der Waals surface area contributed by atoms with Gasteiger partial charge in [0.05, 0.1) is 46.3 Å². The second-order valence-electron chi connectivity index (χ2n) is 13.2. The molecule has 1 amide bonds. The molecule has 46 heavy (non-hydrogen) atoms. The average Bonchev–Trinajstić information content (AvgIpc) is 3.42. The predicted octanol–water partition coefficient (Wildman–Crippen LogP) is 6.78. The molecule has 0 N–H and O–H groups in total. The summed E-state index contributed by atoms with van der Waals surface area (Å²) in [5.74, 6) is 1.66. The summed E-state index contributed by atoms with van der Waals surface area (Å²) in [6.07, 6.45) is 6.74. The number of carbonyl (C=O) groups is 1. The highest BCUT2D eigenvalue weighted by Gasteiger charge is 2.40. The maximum Gasteiger partial charge on any atom is 0.410 e. The van der Waals surface area contributed by atoms with Gasteiger partial charge in [0.25, 0.3) is 0 Å². The van der Waals surface area contributed by atoms with E-state index in [0.717, 1.165) is 18.5 Å². The molecule has 12 heteroatoms. The number of aryl methyl sites for hydroxylation is 2. The van der Waals surface area contributed by atoms with Gasteiger partial charge >= 0.3 is 6.09 Å². The highest BCUT2D eigenvalue weighted by molar-refractivity contribution is 5.87. The van der Waals surface area contributed by atoms with Crippen molar-refractivity contribution in [3.05, 3.63) is 82.7 Å². The van der Waals surface area contributed by atoms with E-state index in [2.05, 4.69) is 5.10 Å². The summed E-state index contributed by atoms with van der Waals surface area (Å²) in [5, 5.41) is 9.71. The van der Waals surface area contributed by atoms with Crippen molar-refractivity contribution in [3.63, 3.8) is 0 Å². The number of fused-ring (bicyclic) bond motifs is 2. The minimum atomic E-state index is -0.695. The zero-order valence-electron chi connectivity index (χ0n) is 26.6. The van der Waals surface area contributed by atoms with Crippen molar-refractivity contribution >= 4 is 34.4 Å². The zero-order chi connectivity index (χ0) is 32.7. The lowest BCUT2D eigenvalue weighted by molar-refractivity contribution is 0.0160. The van der Waals surface area contributed by atoms with E-state index in [1.54, 1.807) is 58.9 Å². The fourth-order valence-corrected chi connectivity index (χ4v) is 6.41. The third kappa shape index (κ3) is 4.75. The highest BCUT2D eigenvalue weighted by Crippen LogP contribution is 2.44. The summed E-state index contributed by atoms with van der Waals surface area (Å²) in [4.78, 5) is 30.7. The molecule has 3 aliphatic rings. The second kappa shape index (κ2) is 10.6. The topological polar surface area (TPSA) is 88.7 Å². The van der Waals surface area contributed by atoms with E-state index in [4.69, 9.17) is 9.84 Å². The fourth-order valence-electron chi connectivity index (χ4n) is 6.41. The molecule has 0 radical (unpaired) electrons. The minimum absolute atomic E-state index is 0.00827. The van der Waals surface area contributed by atoms with Crippen LogP contribution in [0.4, 0.5) is 25.1 Å². The van der Waals surface area contributed by atoms with Crippen LogP contribution in [0.15, 0.2) is 48.7 Å². The molecule has 0 saturated heterocycles. The summed E-state index contributed by atoms with van der Waals surface area (Å²) in [7, 11) is 0. The van der Waals surface area contributed by atoms with Gasteiger partial charge in [0.1, 0.15) is 17.2 Å². The van der Waals surface area contributed by atoms with E-state index in [1.807, 2.05) is 44.4 Å². The minimum Gasteiger partial charge on any atom is -0.444 e. The first kappa shape index (κ1) is 29.7. The number of rotatable bonds is 4. The van der Waals surface area contributed by atoms with Crippen molar-refractivity contribution in [2.75, 3.05) is 16.3 Å². The average molecular weight is 628 g/mol. The number of carbonyl (C=O) groups excluding carboxylic acids is 2. The SMILES string of the molecule is Cc1cc(-n2nc3c(c2N2C=CN(c4ccc5c(cnn5C5CC5)c4F)C2=C=O)[C@H](C)N(C(=O)OC(C)(C)C)CC3)cc(C)c1F. The number of hydrogen-bond donors (Lipinski definition) is 0. The third-order valence-corrected chi connectivity index (χ3v) is 8.73. The molecule has 4 heterocycles. The first-order chi connectivity index (χ1) is 21.9. The number of halogens is 2. The van der Waals surface area contributed by atoms with E-state index < -0.39 is 23.6 Å². The van der Waals surface area contributed by atoms with Gasteiger partial charge in [-0.1, -0.05) is 0 Å². The Morgan fingerprint density at radius 2 is 1.74 bits per heavy atom. The molecule has 10 nitrogen and oxygen atoms in total. The van der Waals surface area contributed by atoms with Crippen LogP contribution < -0.4 is 9.80 Å². The standard InChI is InChI=1S/C34H35F2N7O3/c1-19-15-23(16-20(2)30(19)35)43-32(29-21(3)39(12-11-25(29)38-43)33(45)46-34(4,5)6)41-14-13-40(28(41)18-44)27-10-9-26-24(31(27)36)17-37-42(26)22-7-8-22/h9-10,13-17,21-22H,7-8,11-12H2,1-6H3/t21-/m0/s1. The van der Waals surface area contributed by atoms with Gasteiger partial charge in [-0.2, -0.15) is 10.2 Å². The maximum atomic E-state index is 16.1. The molecular formula is C34H35F2N7O3. The number of aromatic nitrogens is 4. The molecular weight excluding hydrogens is 592 g/mol. The first-order valence-corrected chi connectivity index (χ1v) is 15.4. The van der Waals surface area contributed by atoms with Gasteiger partial charge in [0, 0.05) is 30.9 Å². The number of amides is 1. The van der Waals surface area contributed by atoms with Crippen LogP contribution in [0.5, 0.6) is 0 Å². The summed E-state index contributed by atoms with van der Waals surface area (Å²) < 4.78 is 40.0. The highest BCUT2D eigenvalue weighted by atomic mass is 19.1. The summed E-state index contributed by atoms with van der Waals surface area (Å²) in [6, 6.07) is 6.61. The van der Waals surface area contributed by atoms with Gasteiger partial charge < -0.3 is 9.64 Å². The molecule has 1 saturated carbocycles. The van der Waals surface area contributed by atoms with Crippen molar-refractivity contribution in [1.29, 1.82) is 0 Å². The number of anilines is 2. The normalized spacial score (nSPS) is 18.0. The van der Waals surface area contributed by atoms with E-state index >= 15 is 4.39 Å². The predicted molar refractivity (Wildman–Crippen MR) is 169 cm³/mol. The molecule has 0 bridgehead atoms. The lowest BCUT2D eigenvalue weighted by atomic mass is 9.99. The summed E-state index contributed by atoms with van der Waals surface area (Å²) in [5.41, 5.74) is 3.03. The Bertz CT molecular complexity index is 1970. The van der Waals surface area contributed by atoms with Gasteiger partial charge in [0.15, 0.2) is 11.8 Å². The fraction of sp³-hybridized carbons (Fsp3) is 0.382. The van der Waals surface area contributed by atoms with Gasteiger partial charge in [-0.05, 0) is 89.8 Å². The number of ether oxygens (including phenoxy) is 1. The third-order valence-electron chi connectivity index (χ3n) is 8.73. The van der Waals surface area contributed by atoms with Crippen molar-refractivity contribution in [1.82, 2.24) is 24.5 Å². The number of benzene rings is 2. The van der Waals surface area contributed by atoms with Crippen LogP contribution in [-0.4, -0.2) is 48.6 Å². The molecule has 2 aliphatic heterocycles. The van der Waals surface area contributed by atoms with E-state index in [9.17, 15) is 14.0 Å². The molecule has 238 valence electrons. The lowest BCUT2D eigenvalue weighted by Crippen LogP contribution is -2.42. The van der Waals surface area contributed by atoms with Crippen molar-refractivity contribution < 1.29 is 23.1 Å². The van der Waals surface area contributed by atoms with Crippen LogP contribution in [0, 0.1) is 25.5 Å². The van der Waals surface area contributed by atoms with Crippen LogP contribution >= 0.6 is 0 Å². The summed E-state index contributed by atoms with van der Waals surface area (Å²) in [6.45, 7) is 11.1. The lowest BCUT2D eigenvalue weighted by Gasteiger charge is -2.35. The van der Waals surface area contributed by atoms with Gasteiger partial charge in [0.2, 0.25) is 5.82 Å². The zero-order valence-corrected chi connectivity index (χ0v) is 26.6. The molecule has 2 aromatic carbocycles. The summed E-state index contributed by atoms with van der Waals surface area (Å²) >= 11 is 0. The van der Waals surface area contributed by atoms with E-state index in [1.165, 1.54) is 11.1 Å². The molecule has 0 unspecified atom stereocenters. The van der Waals surface area contributed by atoms with E-state index in [-0.39, 0.29) is 23.4 Å². The maximum absolute atomic E-state index is 16.1. The quantitative estimate of drug-likeness (QED) is 0.231. The monoisotopic (exact) mass is 627 g/mol. The molecule has 2 aromatic heterocycles. The molecule has 7 rings (SSSR count). The van der Waals surface area contributed by atoms with E-state index in [0.29, 0.717) is 52.1 Å². The Morgan fingerprint density at radius 1 is 1.04 bits per heavy atom. The number of hydrogen-bond acceptors (Lipinski definition) is 7. The molecule has 0 spiro atoms. The Balaban J connectivity index is 1.35. The van der Waals surface area contributed by atoms with Crippen molar-refractivity contribution in [3.8, 4) is 5.69 Å². The van der Waals surface area contributed by atoms with Crippen molar-refractivity contribution in [2.24, 2.45) is 0 Å².